The van der Waals surface area contributed by atoms with Gasteiger partial charge >= 0.3 is 12.1 Å². The predicted molar refractivity (Wildman–Crippen MR) is 75.7 cm³/mol. The maximum atomic E-state index is 12.1. The van der Waals surface area contributed by atoms with Crippen LogP contribution in [0.1, 0.15) is 36.7 Å². The second-order valence-corrected chi connectivity index (χ2v) is 5.86. The van der Waals surface area contributed by atoms with E-state index >= 15 is 0 Å². The highest BCUT2D eigenvalue weighted by atomic mass is 16.6. The molecule has 1 N–H and O–H groups in total. The van der Waals surface area contributed by atoms with Gasteiger partial charge in [0, 0.05) is 12.1 Å². The lowest BCUT2D eigenvalue weighted by Gasteiger charge is -2.24. The van der Waals surface area contributed by atoms with Gasteiger partial charge < -0.3 is 9.84 Å². The summed E-state index contributed by atoms with van der Waals surface area (Å²) in [6.07, 6.45) is 0.119. The number of carbonyl (C=O) groups is 3. The third kappa shape index (κ3) is 3.21. The first-order chi connectivity index (χ1) is 9.69. The number of benzene rings is 1. The lowest BCUT2D eigenvalue weighted by atomic mass is 10.1. The Hall–Kier alpha value is -2.37. The number of nitrogens with zero attached hydrogens (tertiary/aromatic N) is 1. The van der Waals surface area contributed by atoms with Gasteiger partial charge in [-0.3, -0.25) is 9.69 Å². The molecular weight excluding hydrogens is 274 g/mol. The van der Waals surface area contributed by atoms with Crippen LogP contribution in [0.2, 0.25) is 0 Å². The monoisotopic (exact) mass is 291 g/mol. The molecule has 0 fully saturated rings. The molecule has 1 heterocycles. The molecule has 0 aliphatic carbocycles. The van der Waals surface area contributed by atoms with Gasteiger partial charge in [-0.1, -0.05) is 0 Å². The molecule has 1 aliphatic heterocycles. The highest BCUT2D eigenvalue weighted by molar-refractivity contribution is 6.39. The largest absolute Gasteiger partial charge is 0.475 e. The van der Waals surface area contributed by atoms with Crippen molar-refractivity contribution in [2.24, 2.45) is 0 Å². The van der Waals surface area contributed by atoms with E-state index < -0.39 is 23.4 Å². The fourth-order valence-electron chi connectivity index (χ4n) is 2.17. The van der Waals surface area contributed by atoms with Crippen LogP contribution < -0.4 is 4.90 Å². The fourth-order valence-corrected chi connectivity index (χ4v) is 2.17. The Bertz CT molecular complexity index is 615. The Morgan fingerprint density at radius 1 is 1.24 bits per heavy atom. The van der Waals surface area contributed by atoms with E-state index in [1.54, 1.807) is 26.8 Å². The molecule has 21 heavy (non-hydrogen) atoms. The van der Waals surface area contributed by atoms with E-state index in [-0.39, 0.29) is 5.56 Å². The van der Waals surface area contributed by atoms with Crippen molar-refractivity contribution < 1.29 is 24.2 Å². The van der Waals surface area contributed by atoms with Crippen LogP contribution in [0.3, 0.4) is 0 Å². The number of rotatable bonds is 2. The van der Waals surface area contributed by atoms with Gasteiger partial charge in [-0.05, 0) is 51.0 Å². The summed E-state index contributed by atoms with van der Waals surface area (Å²) in [7, 11) is 0. The van der Waals surface area contributed by atoms with Gasteiger partial charge in [-0.25, -0.2) is 9.59 Å². The zero-order valence-corrected chi connectivity index (χ0v) is 12.2. The van der Waals surface area contributed by atoms with Gasteiger partial charge in [-0.2, -0.15) is 0 Å². The summed E-state index contributed by atoms with van der Waals surface area (Å²) >= 11 is 0. The Morgan fingerprint density at radius 3 is 2.48 bits per heavy atom. The maximum absolute atomic E-state index is 12.1. The van der Waals surface area contributed by atoms with Crippen LogP contribution >= 0.6 is 0 Å². The number of anilines is 1. The van der Waals surface area contributed by atoms with E-state index in [0.717, 1.165) is 5.56 Å². The maximum Gasteiger partial charge on any atom is 0.414 e. The summed E-state index contributed by atoms with van der Waals surface area (Å²) in [6.45, 7) is 5.82. The van der Waals surface area contributed by atoms with Crippen molar-refractivity contribution in [1.29, 1.82) is 0 Å². The lowest BCUT2D eigenvalue weighted by Crippen LogP contribution is -2.35. The summed E-state index contributed by atoms with van der Waals surface area (Å²) < 4.78 is 5.32. The third-order valence-electron chi connectivity index (χ3n) is 3.05. The number of ether oxygens (including phenoxy) is 1. The van der Waals surface area contributed by atoms with Crippen LogP contribution in [0.5, 0.6) is 0 Å². The quantitative estimate of drug-likeness (QED) is 0.667. The molecule has 0 radical (unpaired) electrons. The smallest absolute Gasteiger partial charge is 0.414 e. The van der Waals surface area contributed by atoms with Gasteiger partial charge in [-0.15, -0.1) is 0 Å². The zero-order valence-electron chi connectivity index (χ0n) is 12.2. The summed E-state index contributed by atoms with van der Waals surface area (Å²) in [5.74, 6) is -2.44. The van der Waals surface area contributed by atoms with Crippen molar-refractivity contribution in [3.8, 4) is 0 Å². The zero-order chi connectivity index (χ0) is 15.8. The van der Waals surface area contributed by atoms with Crippen molar-refractivity contribution in [3.05, 3.63) is 29.3 Å². The Morgan fingerprint density at radius 2 is 1.90 bits per heavy atom. The van der Waals surface area contributed by atoms with Crippen molar-refractivity contribution in [2.75, 3.05) is 11.4 Å². The van der Waals surface area contributed by atoms with Gasteiger partial charge in [0.1, 0.15) is 5.60 Å². The summed E-state index contributed by atoms with van der Waals surface area (Å²) in [5, 5.41) is 8.72. The molecular formula is C15H17NO5. The van der Waals surface area contributed by atoms with E-state index in [2.05, 4.69) is 0 Å². The molecule has 112 valence electrons. The van der Waals surface area contributed by atoms with Crippen LogP contribution in [0, 0.1) is 0 Å². The van der Waals surface area contributed by atoms with Gasteiger partial charge in [0.05, 0.1) is 5.69 Å². The molecule has 2 rings (SSSR count). The number of Topliss-reactive ketones (excluding diaryl/α,β-unsaturated/α-hetero) is 1. The molecule has 0 bridgehead atoms. The van der Waals surface area contributed by atoms with Crippen molar-refractivity contribution in [1.82, 2.24) is 0 Å². The molecule has 0 saturated heterocycles. The summed E-state index contributed by atoms with van der Waals surface area (Å²) in [5.41, 5.74) is 0.963. The Kier molecular flexibility index (Phi) is 3.72. The first-order valence-corrected chi connectivity index (χ1v) is 6.60. The topological polar surface area (TPSA) is 83.9 Å². The second kappa shape index (κ2) is 5.20. The molecule has 1 aromatic carbocycles. The first-order valence-electron chi connectivity index (χ1n) is 6.60. The van der Waals surface area contributed by atoms with Gasteiger partial charge in [0.15, 0.2) is 0 Å². The van der Waals surface area contributed by atoms with E-state index in [0.29, 0.717) is 18.7 Å². The minimum atomic E-state index is -1.49. The number of carboxylic acids is 1. The average molecular weight is 291 g/mol. The summed E-state index contributed by atoms with van der Waals surface area (Å²) in [4.78, 5) is 35.7. The summed E-state index contributed by atoms with van der Waals surface area (Å²) in [6, 6.07) is 4.52. The number of carbonyl (C=O) groups excluding carboxylic acids is 2. The average Bonchev–Trinajstić information content (AvgIpc) is 2.78. The standard InChI is InChI=1S/C15H17NO5/c1-15(2,3)21-14(20)16-7-6-9-8-10(4-5-11(9)16)12(17)13(18)19/h4-5,8H,6-7H2,1-3H3,(H,18,19). The number of amides is 1. The third-order valence-corrected chi connectivity index (χ3v) is 3.05. The van der Waals surface area contributed by atoms with Crippen LogP contribution in [0.15, 0.2) is 18.2 Å². The highest BCUT2D eigenvalue weighted by Crippen LogP contribution is 2.30. The number of hydrogen-bond donors (Lipinski definition) is 1. The number of fused-ring (bicyclic) bond motifs is 1. The Balaban J connectivity index is 2.24. The SMILES string of the molecule is CC(C)(C)OC(=O)N1CCc2cc(C(=O)C(=O)O)ccc21. The molecule has 1 aromatic rings. The van der Waals surface area contributed by atoms with Crippen molar-refractivity contribution >= 4 is 23.5 Å². The van der Waals surface area contributed by atoms with Crippen LogP contribution in [0.4, 0.5) is 10.5 Å². The molecule has 6 nitrogen and oxygen atoms in total. The minimum absolute atomic E-state index is 0.118. The van der Waals surface area contributed by atoms with E-state index in [1.165, 1.54) is 17.0 Å². The highest BCUT2D eigenvalue weighted by Gasteiger charge is 2.29. The number of ketones is 1. The van der Waals surface area contributed by atoms with Crippen LogP contribution in [-0.2, 0) is 16.0 Å². The van der Waals surface area contributed by atoms with E-state index in [1.807, 2.05) is 0 Å². The molecule has 0 atom stereocenters. The van der Waals surface area contributed by atoms with Gasteiger partial charge in [0.2, 0.25) is 0 Å². The molecule has 0 unspecified atom stereocenters. The molecule has 1 aliphatic rings. The van der Waals surface area contributed by atoms with Crippen molar-refractivity contribution in [2.45, 2.75) is 32.8 Å². The minimum Gasteiger partial charge on any atom is -0.475 e. The molecule has 0 spiro atoms. The van der Waals surface area contributed by atoms with E-state index in [9.17, 15) is 14.4 Å². The Labute approximate surface area is 122 Å². The fraction of sp³-hybridized carbons (Fsp3) is 0.400. The normalized spacial score (nSPS) is 13.8. The molecule has 6 heteroatoms. The molecule has 1 amide bonds. The predicted octanol–water partition coefficient (Wildman–Crippen LogP) is 2.25. The number of aliphatic carboxylic acids is 1. The van der Waals surface area contributed by atoms with Crippen molar-refractivity contribution in [3.63, 3.8) is 0 Å². The van der Waals surface area contributed by atoms with Gasteiger partial charge in [0.25, 0.3) is 5.78 Å². The van der Waals surface area contributed by atoms with Crippen LogP contribution in [-0.4, -0.2) is 35.1 Å². The number of hydrogen-bond acceptors (Lipinski definition) is 4. The first kappa shape index (κ1) is 15.0. The van der Waals surface area contributed by atoms with E-state index in [4.69, 9.17) is 9.84 Å². The molecule has 0 saturated carbocycles. The molecule has 0 aromatic heterocycles. The van der Waals surface area contributed by atoms with Crippen LogP contribution in [0.25, 0.3) is 0 Å². The second-order valence-electron chi connectivity index (χ2n) is 5.86. The lowest BCUT2D eigenvalue weighted by molar-refractivity contribution is -0.131. The number of carboxylic acid groups (broad SMARTS) is 1.